The zero-order valence-electron chi connectivity index (χ0n) is 25.5. The van der Waals surface area contributed by atoms with Gasteiger partial charge in [0.05, 0.1) is 23.1 Å². The van der Waals surface area contributed by atoms with Crippen LogP contribution in [0, 0.1) is 0 Å². The molecule has 4 aromatic rings. The molecule has 8 nitrogen and oxygen atoms in total. The number of thioether (sulfide) groups is 1. The van der Waals surface area contributed by atoms with Gasteiger partial charge in [0.25, 0.3) is 11.8 Å². The summed E-state index contributed by atoms with van der Waals surface area (Å²) in [6, 6.07) is 28.2. The van der Waals surface area contributed by atoms with Crippen molar-refractivity contribution < 1.29 is 23.9 Å². The van der Waals surface area contributed by atoms with Crippen molar-refractivity contribution in [1.82, 2.24) is 5.32 Å². The molecule has 1 unspecified atom stereocenters. The second-order valence-corrected chi connectivity index (χ2v) is 12.6. The summed E-state index contributed by atoms with van der Waals surface area (Å²) in [5, 5.41) is 5.25. The van der Waals surface area contributed by atoms with Crippen LogP contribution in [0.4, 0.5) is 11.4 Å². The van der Waals surface area contributed by atoms with Crippen LogP contribution < -0.4 is 20.3 Å². The van der Waals surface area contributed by atoms with E-state index in [1.54, 1.807) is 66.7 Å². The maximum absolute atomic E-state index is 13.6. The molecule has 46 heavy (non-hydrogen) atoms. The van der Waals surface area contributed by atoms with E-state index in [9.17, 15) is 19.2 Å². The summed E-state index contributed by atoms with van der Waals surface area (Å²) >= 11 is 7.46. The Bertz CT molecular complexity index is 1810. The van der Waals surface area contributed by atoms with E-state index in [0.29, 0.717) is 38.5 Å². The van der Waals surface area contributed by atoms with Crippen LogP contribution in [0.25, 0.3) is 6.08 Å². The van der Waals surface area contributed by atoms with E-state index in [2.05, 4.69) is 24.5 Å². The lowest BCUT2D eigenvalue weighted by Crippen LogP contribution is -2.31. The van der Waals surface area contributed by atoms with Crippen LogP contribution in [0.15, 0.2) is 108 Å². The van der Waals surface area contributed by atoms with Gasteiger partial charge in [-0.05, 0) is 71.7 Å². The Kier molecular flexibility index (Phi) is 10.2. The molecule has 2 N–H and O–H groups in total. The van der Waals surface area contributed by atoms with Crippen molar-refractivity contribution in [2.75, 3.05) is 17.3 Å². The van der Waals surface area contributed by atoms with Crippen LogP contribution in [-0.2, 0) is 14.4 Å². The number of carbonyl (C=O) groups excluding carboxylic acids is 4. The van der Waals surface area contributed by atoms with Gasteiger partial charge < -0.3 is 15.4 Å². The molecule has 234 valence electrons. The van der Waals surface area contributed by atoms with E-state index >= 15 is 0 Å². The van der Waals surface area contributed by atoms with Crippen LogP contribution >= 0.6 is 23.4 Å². The average Bonchev–Trinajstić information content (AvgIpc) is 3.33. The minimum absolute atomic E-state index is 0.0116. The molecular formula is C36H32ClN3O5S. The first-order valence-corrected chi connectivity index (χ1v) is 15.8. The number of amides is 4. The van der Waals surface area contributed by atoms with Crippen LogP contribution in [0.1, 0.15) is 47.7 Å². The molecule has 1 aliphatic heterocycles. The maximum atomic E-state index is 13.6. The van der Waals surface area contributed by atoms with Gasteiger partial charge in [-0.2, -0.15) is 0 Å². The monoisotopic (exact) mass is 653 g/mol. The molecule has 5 rings (SSSR count). The van der Waals surface area contributed by atoms with E-state index in [1.807, 2.05) is 30.3 Å². The highest BCUT2D eigenvalue weighted by atomic mass is 35.5. The van der Waals surface area contributed by atoms with E-state index in [4.69, 9.17) is 16.3 Å². The predicted molar refractivity (Wildman–Crippen MR) is 182 cm³/mol. The standard InChI is InChI=1S/C36H32ClN3O5S/c1-22(2)24-14-12-23(13-15-24)18-30(39-34(42)25-8-5-4-6-9-25)35(43)38-26-10-7-11-28(19-26)46-32-21-33(41)40(36(32)44)27-16-17-31(45-3)29(37)20-27/h4-20,22,32H,21H2,1-3H3,(H,38,43)(H,39,42)/b30-18-. The SMILES string of the molecule is COc1ccc(N2C(=O)CC(Sc3cccc(NC(=O)/C(=C/c4ccc(C(C)C)cc4)NC(=O)c4ccccc4)c3)C2=O)cc1Cl. The zero-order chi connectivity index (χ0) is 32.8. The normalized spacial score (nSPS) is 14.8. The molecule has 10 heteroatoms. The Morgan fingerprint density at radius 3 is 2.37 bits per heavy atom. The number of ether oxygens (including phenoxy) is 1. The second-order valence-electron chi connectivity index (χ2n) is 10.9. The van der Waals surface area contributed by atoms with E-state index in [1.165, 1.54) is 24.9 Å². The smallest absolute Gasteiger partial charge is 0.272 e. The first-order valence-electron chi connectivity index (χ1n) is 14.6. The number of carbonyl (C=O) groups is 4. The molecule has 1 atom stereocenters. The fourth-order valence-corrected chi connectivity index (χ4v) is 6.22. The Morgan fingerprint density at radius 2 is 1.70 bits per heavy atom. The van der Waals surface area contributed by atoms with Crippen molar-refractivity contribution in [2.45, 2.75) is 36.3 Å². The third kappa shape index (κ3) is 7.67. The lowest BCUT2D eigenvalue weighted by Gasteiger charge is -2.16. The van der Waals surface area contributed by atoms with E-state index in [-0.39, 0.29) is 23.9 Å². The van der Waals surface area contributed by atoms with Crippen LogP contribution in [-0.4, -0.2) is 36.0 Å². The zero-order valence-corrected chi connectivity index (χ0v) is 27.0. The minimum Gasteiger partial charge on any atom is -0.495 e. The Labute approximate surface area is 276 Å². The summed E-state index contributed by atoms with van der Waals surface area (Å²) in [5.74, 6) is -0.839. The number of hydrogen-bond donors (Lipinski definition) is 2. The summed E-state index contributed by atoms with van der Waals surface area (Å²) in [5.41, 5.74) is 3.22. The molecular weight excluding hydrogens is 622 g/mol. The molecule has 4 aromatic carbocycles. The van der Waals surface area contributed by atoms with Gasteiger partial charge in [-0.3, -0.25) is 19.2 Å². The highest BCUT2D eigenvalue weighted by Gasteiger charge is 2.40. The van der Waals surface area contributed by atoms with Gasteiger partial charge in [0.15, 0.2) is 0 Å². The number of methoxy groups -OCH3 is 1. The molecule has 0 radical (unpaired) electrons. The summed E-state index contributed by atoms with van der Waals surface area (Å²) < 4.78 is 5.17. The first-order chi connectivity index (χ1) is 22.1. The van der Waals surface area contributed by atoms with E-state index < -0.39 is 17.1 Å². The molecule has 0 saturated carbocycles. The molecule has 1 aliphatic rings. The summed E-state index contributed by atoms with van der Waals surface area (Å²) in [6.07, 6.45) is 1.64. The first kappa shape index (κ1) is 32.5. The van der Waals surface area contributed by atoms with Crippen molar-refractivity contribution in [3.63, 3.8) is 0 Å². The number of benzene rings is 4. The van der Waals surface area contributed by atoms with E-state index in [0.717, 1.165) is 16.0 Å². The third-order valence-corrected chi connectivity index (χ3v) is 8.79. The van der Waals surface area contributed by atoms with Crippen LogP contribution in [0.3, 0.4) is 0 Å². The number of nitrogens with one attached hydrogen (secondary N) is 2. The average molecular weight is 654 g/mol. The van der Waals surface area contributed by atoms with Crippen LogP contribution in [0.2, 0.25) is 5.02 Å². The lowest BCUT2D eigenvalue weighted by atomic mass is 10.0. The fraction of sp³-hybridized carbons (Fsp3) is 0.167. The van der Waals surface area contributed by atoms with Gasteiger partial charge in [-0.1, -0.05) is 74.0 Å². The predicted octanol–water partition coefficient (Wildman–Crippen LogP) is 7.31. The number of halogens is 1. The van der Waals surface area contributed by atoms with Gasteiger partial charge >= 0.3 is 0 Å². The van der Waals surface area contributed by atoms with Gasteiger partial charge in [-0.25, -0.2) is 4.90 Å². The molecule has 0 bridgehead atoms. The summed E-state index contributed by atoms with van der Waals surface area (Å²) in [4.78, 5) is 54.5. The molecule has 0 aromatic heterocycles. The topological polar surface area (TPSA) is 105 Å². The van der Waals surface area contributed by atoms with Crippen molar-refractivity contribution in [3.05, 3.63) is 124 Å². The number of hydrogen-bond acceptors (Lipinski definition) is 6. The molecule has 1 saturated heterocycles. The molecule has 4 amide bonds. The number of anilines is 2. The van der Waals surface area contributed by atoms with Crippen LogP contribution in [0.5, 0.6) is 5.75 Å². The molecule has 1 heterocycles. The Balaban J connectivity index is 1.33. The summed E-state index contributed by atoms with van der Waals surface area (Å²) in [6.45, 7) is 4.20. The molecule has 0 spiro atoms. The van der Waals surface area contributed by atoms with Gasteiger partial charge in [0.1, 0.15) is 11.4 Å². The van der Waals surface area contributed by atoms with Gasteiger partial charge in [0.2, 0.25) is 11.8 Å². The lowest BCUT2D eigenvalue weighted by molar-refractivity contribution is -0.121. The van der Waals surface area contributed by atoms with Gasteiger partial charge in [-0.15, -0.1) is 11.8 Å². The minimum atomic E-state index is -0.659. The quantitative estimate of drug-likeness (QED) is 0.137. The Hall–Kier alpha value is -4.86. The largest absolute Gasteiger partial charge is 0.495 e. The maximum Gasteiger partial charge on any atom is 0.272 e. The molecule has 0 aliphatic carbocycles. The fourth-order valence-electron chi connectivity index (χ4n) is 4.86. The second kappa shape index (κ2) is 14.5. The van der Waals surface area contributed by atoms with Crippen molar-refractivity contribution in [1.29, 1.82) is 0 Å². The number of rotatable bonds is 10. The highest BCUT2D eigenvalue weighted by molar-refractivity contribution is 8.00. The van der Waals surface area contributed by atoms with Gasteiger partial charge in [0, 0.05) is 22.6 Å². The molecule has 1 fully saturated rings. The van der Waals surface area contributed by atoms with Crippen molar-refractivity contribution in [2.24, 2.45) is 0 Å². The summed E-state index contributed by atoms with van der Waals surface area (Å²) in [7, 11) is 1.49. The third-order valence-electron chi connectivity index (χ3n) is 7.31. The highest BCUT2D eigenvalue weighted by Crippen LogP contribution is 2.37. The van der Waals surface area contributed by atoms with Crippen molar-refractivity contribution in [3.8, 4) is 5.75 Å². The number of nitrogens with zero attached hydrogens (tertiary/aromatic N) is 1. The Morgan fingerprint density at radius 1 is 0.957 bits per heavy atom. The number of imide groups is 1. The van der Waals surface area contributed by atoms with Crippen molar-refractivity contribution >= 4 is 64.4 Å².